The van der Waals surface area contributed by atoms with Gasteiger partial charge < -0.3 is 11.5 Å². The number of primary amides is 1. The second kappa shape index (κ2) is 6.06. The molecule has 1 aromatic carbocycles. The first-order valence-corrected chi connectivity index (χ1v) is 7.90. The molecule has 0 fully saturated rings. The summed E-state index contributed by atoms with van der Waals surface area (Å²) in [6, 6.07) is 0.780. The first-order valence-electron chi connectivity index (χ1n) is 5.62. The van der Waals surface area contributed by atoms with E-state index in [-0.39, 0.29) is 16.1 Å². The van der Waals surface area contributed by atoms with Crippen molar-refractivity contribution in [3.05, 3.63) is 22.4 Å². The van der Waals surface area contributed by atoms with Crippen molar-refractivity contribution in [3.8, 4) is 0 Å². The monoisotopic (exact) mass is 367 g/mol. The maximum absolute atomic E-state index is 13.8. The minimum absolute atomic E-state index is 0.0620. The number of nitrogens with one attached hydrogen (secondary N) is 1. The Kier molecular flexibility index (Phi) is 5.11. The molecule has 0 bridgehead atoms. The summed E-state index contributed by atoms with van der Waals surface area (Å²) >= 11 is 2.99. The molecule has 1 aromatic rings. The number of nitrogens with two attached hydrogens (primary N) is 2. The number of hydrogen-bond donors (Lipinski definition) is 3. The van der Waals surface area contributed by atoms with E-state index < -0.39 is 32.7 Å². The van der Waals surface area contributed by atoms with Gasteiger partial charge in [-0.05, 0) is 34.0 Å². The van der Waals surface area contributed by atoms with Crippen molar-refractivity contribution < 1.29 is 17.6 Å². The van der Waals surface area contributed by atoms with E-state index in [1.807, 2.05) is 0 Å². The van der Waals surface area contributed by atoms with Crippen LogP contribution < -0.4 is 16.2 Å². The van der Waals surface area contributed by atoms with Gasteiger partial charge in [0.2, 0.25) is 15.9 Å². The van der Waals surface area contributed by atoms with E-state index in [9.17, 15) is 17.6 Å². The van der Waals surface area contributed by atoms with Crippen molar-refractivity contribution >= 4 is 37.5 Å². The van der Waals surface area contributed by atoms with Crippen LogP contribution in [0.25, 0.3) is 0 Å². The van der Waals surface area contributed by atoms with E-state index in [4.69, 9.17) is 11.5 Å². The maximum Gasteiger partial charge on any atom is 0.244 e. The maximum atomic E-state index is 13.8. The summed E-state index contributed by atoms with van der Waals surface area (Å²) in [4.78, 5) is 10.6. The van der Waals surface area contributed by atoms with Crippen LogP contribution >= 0.6 is 15.9 Å². The number of amides is 1. The molecule has 0 aliphatic carbocycles. The molecule has 0 aromatic heterocycles. The van der Waals surface area contributed by atoms with Crippen LogP contribution in [0.3, 0.4) is 0 Å². The molecule has 20 heavy (non-hydrogen) atoms. The Morgan fingerprint density at radius 2 is 1.95 bits per heavy atom. The van der Waals surface area contributed by atoms with E-state index in [2.05, 4.69) is 20.7 Å². The third-order valence-corrected chi connectivity index (χ3v) is 4.74. The van der Waals surface area contributed by atoms with Gasteiger partial charge in [0.1, 0.15) is 16.8 Å². The normalized spacial score (nSPS) is 13.4. The van der Waals surface area contributed by atoms with Gasteiger partial charge in [-0.15, -0.1) is 0 Å². The summed E-state index contributed by atoms with van der Waals surface area (Å²) in [7, 11) is -4.25. The molecule has 112 valence electrons. The molecule has 6 nitrogen and oxygen atoms in total. The Morgan fingerprint density at radius 3 is 2.40 bits per heavy atom. The Labute approximate surface area is 124 Å². The number of rotatable bonds is 5. The van der Waals surface area contributed by atoms with E-state index in [0.717, 1.165) is 12.1 Å². The minimum Gasteiger partial charge on any atom is -0.398 e. The van der Waals surface area contributed by atoms with Crippen LogP contribution in [0.1, 0.15) is 13.8 Å². The number of carbonyl (C=O) groups excluding carboxylic acids is 1. The Hall–Kier alpha value is -1.19. The number of nitrogen functional groups attached to an aromatic ring is 1. The fourth-order valence-electron chi connectivity index (χ4n) is 1.50. The van der Waals surface area contributed by atoms with Crippen molar-refractivity contribution in [2.75, 3.05) is 5.73 Å². The van der Waals surface area contributed by atoms with Crippen molar-refractivity contribution in [2.45, 2.75) is 24.8 Å². The first-order chi connectivity index (χ1) is 9.06. The molecule has 1 rings (SSSR count). The van der Waals surface area contributed by atoms with Crippen LogP contribution in [0.4, 0.5) is 10.1 Å². The fraction of sp³-hybridized carbons (Fsp3) is 0.364. The van der Waals surface area contributed by atoms with Crippen LogP contribution in [0.5, 0.6) is 0 Å². The zero-order valence-electron chi connectivity index (χ0n) is 10.9. The van der Waals surface area contributed by atoms with Gasteiger partial charge in [0, 0.05) is 10.2 Å². The summed E-state index contributed by atoms with van der Waals surface area (Å²) in [6.45, 7) is 3.23. The summed E-state index contributed by atoms with van der Waals surface area (Å²) in [6.07, 6.45) is 0. The zero-order chi connectivity index (χ0) is 15.7. The number of sulfonamides is 1. The fourth-order valence-corrected chi connectivity index (χ4v) is 3.27. The summed E-state index contributed by atoms with van der Waals surface area (Å²) < 4.78 is 40.3. The second-order valence-electron chi connectivity index (χ2n) is 4.55. The lowest BCUT2D eigenvalue weighted by atomic mass is 10.1. The molecule has 0 heterocycles. The molecule has 0 radical (unpaired) electrons. The quantitative estimate of drug-likeness (QED) is 0.672. The van der Waals surface area contributed by atoms with Crippen LogP contribution in [0, 0.1) is 11.7 Å². The van der Waals surface area contributed by atoms with Gasteiger partial charge in [-0.1, -0.05) is 13.8 Å². The molecule has 0 aliphatic rings. The lowest BCUT2D eigenvalue weighted by Crippen LogP contribution is -2.47. The molecule has 0 aliphatic heterocycles. The molecular weight excluding hydrogens is 353 g/mol. The lowest BCUT2D eigenvalue weighted by Gasteiger charge is -2.19. The molecule has 9 heteroatoms. The summed E-state index contributed by atoms with van der Waals surface area (Å²) in [5.74, 6) is -2.20. The number of anilines is 1. The van der Waals surface area contributed by atoms with Gasteiger partial charge in [-0.2, -0.15) is 4.72 Å². The van der Waals surface area contributed by atoms with E-state index in [1.54, 1.807) is 13.8 Å². The topological polar surface area (TPSA) is 115 Å². The molecule has 1 amide bonds. The Balaban J connectivity index is 3.24. The molecule has 0 saturated heterocycles. The van der Waals surface area contributed by atoms with Crippen molar-refractivity contribution in [1.29, 1.82) is 0 Å². The van der Waals surface area contributed by atoms with E-state index in [1.165, 1.54) is 0 Å². The van der Waals surface area contributed by atoms with Crippen LogP contribution in [-0.4, -0.2) is 20.4 Å². The first kappa shape index (κ1) is 16.9. The predicted molar refractivity (Wildman–Crippen MR) is 76.7 cm³/mol. The highest BCUT2D eigenvalue weighted by Crippen LogP contribution is 2.26. The molecule has 0 saturated carbocycles. The molecular formula is C11H15BrFN3O3S. The highest BCUT2D eigenvalue weighted by molar-refractivity contribution is 9.10. The van der Waals surface area contributed by atoms with Crippen molar-refractivity contribution in [2.24, 2.45) is 11.7 Å². The molecule has 5 N–H and O–H groups in total. The van der Waals surface area contributed by atoms with Gasteiger partial charge in [-0.3, -0.25) is 4.79 Å². The molecule has 0 spiro atoms. The van der Waals surface area contributed by atoms with Gasteiger partial charge in [0.25, 0.3) is 0 Å². The van der Waals surface area contributed by atoms with Crippen molar-refractivity contribution in [1.82, 2.24) is 4.72 Å². The lowest BCUT2D eigenvalue weighted by molar-refractivity contribution is -0.120. The third kappa shape index (κ3) is 3.68. The SMILES string of the molecule is CC(C)C(NS(=O)(=O)c1cc(N)c(Br)cc1F)C(N)=O. The van der Waals surface area contributed by atoms with Gasteiger partial charge >= 0.3 is 0 Å². The third-order valence-electron chi connectivity index (χ3n) is 2.60. The smallest absolute Gasteiger partial charge is 0.244 e. The van der Waals surface area contributed by atoms with E-state index >= 15 is 0 Å². The zero-order valence-corrected chi connectivity index (χ0v) is 13.3. The standard InChI is InChI=1S/C11H15BrFN3O3S/c1-5(2)10(11(15)17)16-20(18,19)9-4-8(14)6(12)3-7(9)13/h3-5,10,16H,14H2,1-2H3,(H2,15,17). The summed E-state index contributed by atoms with van der Waals surface area (Å²) in [5.41, 5.74) is 10.7. The summed E-state index contributed by atoms with van der Waals surface area (Å²) in [5, 5.41) is 0. The predicted octanol–water partition coefficient (Wildman–Crippen LogP) is 0.959. The Bertz CT molecular complexity index is 634. The molecule has 1 unspecified atom stereocenters. The number of benzene rings is 1. The highest BCUT2D eigenvalue weighted by atomic mass is 79.9. The van der Waals surface area contributed by atoms with E-state index in [0.29, 0.717) is 0 Å². The van der Waals surface area contributed by atoms with Crippen LogP contribution in [0.15, 0.2) is 21.5 Å². The molecule has 1 atom stereocenters. The average Bonchev–Trinajstić information content (AvgIpc) is 2.30. The average molecular weight is 368 g/mol. The number of halogens is 2. The minimum atomic E-state index is -4.25. The van der Waals surface area contributed by atoms with Gasteiger partial charge in [0.05, 0.1) is 0 Å². The Morgan fingerprint density at radius 1 is 1.40 bits per heavy atom. The highest BCUT2D eigenvalue weighted by Gasteiger charge is 2.29. The van der Waals surface area contributed by atoms with Gasteiger partial charge in [0.15, 0.2) is 0 Å². The van der Waals surface area contributed by atoms with Crippen LogP contribution in [-0.2, 0) is 14.8 Å². The number of carbonyl (C=O) groups is 1. The second-order valence-corrected chi connectivity index (χ2v) is 7.09. The number of hydrogen-bond acceptors (Lipinski definition) is 4. The van der Waals surface area contributed by atoms with Gasteiger partial charge in [-0.25, -0.2) is 12.8 Å². The van der Waals surface area contributed by atoms with Crippen LogP contribution in [0.2, 0.25) is 0 Å². The van der Waals surface area contributed by atoms with Crippen molar-refractivity contribution in [3.63, 3.8) is 0 Å². The largest absolute Gasteiger partial charge is 0.398 e.